The first-order valence-corrected chi connectivity index (χ1v) is 12.8. The van der Waals surface area contributed by atoms with Crippen molar-refractivity contribution in [1.29, 1.82) is 0 Å². The van der Waals surface area contributed by atoms with E-state index in [0.29, 0.717) is 33.2 Å². The molecule has 0 spiro atoms. The van der Waals surface area contributed by atoms with E-state index >= 15 is 0 Å². The number of nitrogens with zero attached hydrogens (tertiary/aromatic N) is 1. The molecule has 4 unspecified atom stereocenters. The van der Waals surface area contributed by atoms with E-state index in [-0.39, 0.29) is 41.3 Å². The van der Waals surface area contributed by atoms with Gasteiger partial charge in [-0.25, -0.2) is 0 Å². The molecule has 1 aliphatic heterocycles. The monoisotopic (exact) mass is 553 g/mol. The van der Waals surface area contributed by atoms with Gasteiger partial charge in [0.25, 0.3) is 0 Å². The molecule has 3 aliphatic carbocycles. The normalized spacial score (nSPS) is 28.0. The van der Waals surface area contributed by atoms with Crippen molar-refractivity contribution >= 4 is 39.3 Å². The highest BCUT2D eigenvalue weighted by atomic mass is 79.9. The Kier molecular flexibility index (Phi) is 5.67. The van der Waals surface area contributed by atoms with Gasteiger partial charge in [-0.2, -0.15) is 0 Å². The summed E-state index contributed by atoms with van der Waals surface area (Å²) >= 11 is 3.37. The van der Waals surface area contributed by atoms with Crippen molar-refractivity contribution in [1.82, 2.24) is 4.90 Å². The first-order valence-electron chi connectivity index (χ1n) is 12.0. The highest BCUT2D eigenvalue weighted by molar-refractivity contribution is 9.10. The van der Waals surface area contributed by atoms with Crippen LogP contribution in [0.1, 0.15) is 52.0 Å². The van der Waals surface area contributed by atoms with Gasteiger partial charge in [-0.1, -0.05) is 11.6 Å². The Hall–Kier alpha value is -3.00. The number of rotatable bonds is 2. The topological polar surface area (TPSA) is 101 Å². The molecule has 1 aromatic carbocycles. The molecule has 1 N–H and O–H groups in total. The van der Waals surface area contributed by atoms with Crippen LogP contribution >= 0.6 is 15.9 Å². The maximum absolute atomic E-state index is 13.7. The van der Waals surface area contributed by atoms with Crippen LogP contribution in [0.15, 0.2) is 51.0 Å². The number of carbonyl (C=O) groups is 4. The van der Waals surface area contributed by atoms with Crippen LogP contribution in [-0.2, 0) is 19.2 Å². The zero-order valence-electron chi connectivity index (χ0n) is 20.8. The standard InChI is InChI=1S/C28H28BrNO6/c1-12-8-19(31)23-17(24(12)32)11-16-14(21(23)13-9-18(29)25(33)20(10-13)36-5)6-7-15-22(16)27(35)30(26(15)34)28(2,3)4/h6,8-10,15-16,21-22,33H,7,11H2,1-5H3. The summed E-state index contributed by atoms with van der Waals surface area (Å²) in [5.41, 5.74) is 2.04. The van der Waals surface area contributed by atoms with Crippen LogP contribution in [0.2, 0.25) is 0 Å². The molecule has 8 heteroatoms. The van der Waals surface area contributed by atoms with E-state index in [9.17, 15) is 24.3 Å². The van der Waals surface area contributed by atoms with Gasteiger partial charge in [-0.05, 0) is 86.2 Å². The molecule has 1 heterocycles. The molecule has 2 amide bonds. The number of allylic oxidation sites excluding steroid dienone is 6. The first-order chi connectivity index (χ1) is 16.9. The number of amides is 2. The van der Waals surface area contributed by atoms with Crippen LogP contribution in [0.25, 0.3) is 0 Å². The van der Waals surface area contributed by atoms with Gasteiger partial charge >= 0.3 is 0 Å². The van der Waals surface area contributed by atoms with Crippen LogP contribution in [0.3, 0.4) is 0 Å². The molecule has 0 radical (unpaired) electrons. The SMILES string of the molecule is COc1cc(C2C3=CCC4C(=O)N(C(C)(C)C)C(=O)C4C3CC3=C2C(=O)C=C(C)C3=O)cc(Br)c1O. The Labute approximate surface area is 218 Å². The van der Waals surface area contributed by atoms with Crippen molar-refractivity contribution in [3.05, 3.63) is 56.6 Å². The third-order valence-electron chi connectivity index (χ3n) is 7.84. The number of ether oxygens (including phenoxy) is 1. The zero-order valence-corrected chi connectivity index (χ0v) is 22.4. The van der Waals surface area contributed by atoms with Crippen molar-refractivity contribution in [2.75, 3.05) is 7.11 Å². The van der Waals surface area contributed by atoms with Crippen molar-refractivity contribution < 1.29 is 29.0 Å². The van der Waals surface area contributed by atoms with Crippen LogP contribution < -0.4 is 4.74 Å². The summed E-state index contributed by atoms with van der Waals surface area (Å²) < 4.78 is 5.75. The molecule has 1 fully saturated rings. The van der Waals surface area contributed by atoms with E-state index in [2.05, 4.69) is 15.9 Å². The quantitative estimate of drug-likeness (QED) is 0.331. The second-order valence-electron chi connectivity index (χ2n) is 11.0. The molecule has 4 atom stereocenters. The molecule has 0 aromatic heterocycles. The van der Waals surface area contributed by atoms with Crippen molar-refractivity contribution in [3.8, 4) is 11.5 Å². The fourth-order valence-corrected chi connectivity index (χ4v) is 6.80. The summed E-state index contributed by atoms with van der Waals surface area (Å²) in [5, 5.41) is 10.4. The van der Waals surface area contributed by atoms with Gasteiger partial charge in [-0.15, -0.1) is 0 Å². The predicted molar refractivity (Wildman–Crippen MR) is 135 cm³/mol. The van der Waals surface area contributed by atoms with E-state index in [1.165, 1.54) is 18.1 Å². The van der Waals surface area contributed by atoms with Gasteiger partial charge in [-0.3, -0.25) is 24.1 Å². The largest absolute Gasteiger partial charge is 0.503 e. The van der Waals surface area contributed by atoms with Gasteiger partial charge in [0.05, 0.1) is 23.4 Å². The van der Waals surface area contributed by atoms with Gasteiger partial charge in [0, 0.05) is 28.2 Å². The average molecular weight is 554 g/mol. The highest BCUT2D eigenvalue weighted by Crippen LogP contribution is 2.56. The zero-order chi connectivity index (χ0) is 26.3. The smallest absolute Gasteiger partial charge is 0.234 e. The first kappa shape index (κ1) is 24.7. The summed E-state index contributed by atoms with van der Waals surface area (Å²) in [4.78, 5) is 55.1. The summed E-state index contributed by atoms with van der Waals surface area (Å²) in [6.07, 6.45) is 3.98. The van der Waals surface area contributed by atoms with E-state index in [4.69, 9.17) is 4.74 Å². The molecule has 5 rings (SSSR count). The van der Waals surface area contributed by atoms with E-state index in [1.807, 2.05) is 26.8 Å². The number of ketones is 2. The average Bonchev–Trinajstić information content (AvgIpc) is 3.08. The fourth-order valence-electron chi connectivity index (χ4n) is 6.34. The summed E-state index contributed by atoms with van der Waals surface area (Å²) in [6.45, 7) is 7.16. The minimum absolute atomic E-state index is 0.0697. The van der Waals surface area contributed by atoms with Gasteiger partial charge in [0.1, 0.15) is 0 Å². The lowest BCUT2D eigenvalue weighted by molar-refractivity contribution is -0.145. The Balaban J connectivity index is 1.71. The van der Waals surface area contributed by atoms with Crippen LogP contribution in [-0.4, -0.2) is 46.0 Å². The molecule has 0 bridgehead atoms. The number of phenolic OH excluding ortho intramolecular Hbond substituents is 1. The third kappa shape index (κ3) is 3.44. The number of methoxy groups -OCH3 is 1. The highest BCUT2D eigenvalue weighted by Gasteiger charge is 2.58. The van der Waals surface area contributed by atoms with Crippen molar-refractivity contribution in [2.45, 2.75) is 52.0 Å². The van der Waals surface area contributed by atoms with Gasteiger partial charge < -0.3 is 9.84 Å². The van der Waals surface area contributed by atoms with Crippen LogP contribution in [0, 0.1) is 17.8 Å². The van der Waals surface area contributed by atoms with E-state index in [0.717, 1.165) is 5.57 Å². The molecule has 36 heavy (non-hydrogen) atoms. The lowest BCUT2D eigenvalue weighted by Crippen LogP contribution is -2.46. The third-order valence-corrected chi connectivity index (χ3v) is 8.44. The van der Waals surface area contributed by atoms with Crippen molar-refractivity contribution in [3.63, 3.8) is 0 Å². The van der Waals surface area contributed by atoms with Crippen LogP contribution in [0.5, 0.6) is 11.5 Å². The second kappa shape index (κ2) is 8.26. The number of hydrogen-bond acceptors (Lipinski definition) is 6. The summed E-state index contributed by atoms with van der Waals surface area (Å²) in [7, 11) is 1.44. The van der Waals surface area contributed by atoms with Gasteiger partial charge in [0.15, 0.2) is 23.1 Å². The predicted octanol–water partition coefficient (Wildman–Crippen LogP) is 4.39. The number of hydrogen-bond donors (Lipinski definition) is 1. The maximum atomic E-state index is 13.7. The second-order valence-corrected chi connectivity index (χ2v) is 11.8. The van der Waals surface area contributed by atoms with Crippen LogP contribution in [0.4, 0.5) is 0 Å². The lowest BCUT2D eigenvalue weighted by atomic mass is 9.59. The number of imide groups is 1. The van der Waals surface area contributed by atoms with Gasteiger partial charge in [0.2, 0.25) is 11.8 Å². The molecule has 1 saturated heterocycles. The van der Waals surface area contributed by atoms with E-state index < -0.39 is 29.2 Å². The number of likely N-dealkylation sites (tertiary alicyclic amines) is 1. The Bertz CT molecular complexity index is 1340. The number of halogens is 1. The minimum atomic E-state index is -0.657. The lowest BCUT2D eigenvalue weighted by Gasteiger charge is -2.42. The number of carbonyl (C=O) groups excluding carboxylic acids is 4. The molecular formula is C28H28BrNO6. The summed E-state index contributed by atoms with van der Waals surface area (Å²) in [6, 6.07) is 3.38. The molecular weight excluding hydrogens is 526 g/mol. The Morgan fingerprint density at radius 2 is 1.78 bits per heavy atom. The number of Topliss-reactive ketones (excluding diaryl/α,β-unsaturated/α-hetero) is 1. The number of phenols is 1. The Morgan fingerprint density at radius 1 is 1.08 bits per heavy atom. The molecule has 188 valence electrons. The summed E-state index contributed by atoms with van der Waals surface area (Å²) in [5.74, 6) is -2.75. The number of fused-ring (bicyclic) bond motifs is 3. The molecule has 7 nitrogen and oxygen atoms in total. The molecule has 4 aliphatic rings. The van der Waals surface area contributed by atoms with Crippen molar-refractivity contribution in [2.24, 2.45) is 17.8 Å². The maximum Gasteiger partial charge on any atom is 0.234 e. The fraction of sp³-hybridized carbons (Fsp3) is 0.429. The molecule has 1 aromatic rings. The minimum Gasteiger partial charge on any atom is -0.503 e. The Morgan fingerprint density at radius 3 is 2.42 bits per heavy atom. The number of aromatic hydroxyl groups is 1. The molecule has 0 saturated carbocycles. The van der Waals surface area contributed by atoms with E-state index in [1.54, 1.807) is 19.1 Å². The number of benzene rings is 1.